The average Bonchev–Trinajstić information content (AvgIpc) is 2.93. The molecule has 0 radical (unpaired) electrons. The Balaban J connectivity index is 2.56. The molecule has 0 aliphatic rings. The van der Waals surface area contributed by atoms with Crippen LogP contribution in [-0.2, 0) is 13.6 Å². The maximum absolute atomic E-state index is 14.8. The molecule has 7 heteroatoms. The third-order valence-electron chi connectivity index (χ3n) is 4.50. The van der Waals surface area contributed by atoms with Gasteiger partial charge in [-0.1, -0.05) is 13.8 Å². The van der Waals surface area contributed by atoms with Crippen LogP contribution in [0.2, 0.25) is 0 Å². The molecule has 132 valence electrons. The summed E-state index contributed by atoms with van der Waals surface area (Å²) in [5, 5.41) is 2.62. The number of carbonyl (C=O) groups excluding carboxylic acids is 1. The van der Waals surface area contributed by atoms with Crippen molar-refractivity contribution in [1.29, 1.82) is 0 Å². The van der Waals surface area contributed by atoms with E-state index in [0.29, 0.717) is 23.1 Å². The molecular weight excluding hydrogens is 323 g/mol. The molecule has 0 saturated heterocycles. The summed E-state index contributed by atoms with van der Waals surface area (Å²) in [6.07, 6.45) is 1.52. The molecule has 0 spiro atoms. The van der Waals surface area contributed by atoms with E-state index in [2.05, 4.69) is 10.3 Å². The largest absolute Gasteiger partial charge is 0.355 e. The molecule has 1 N–H and O–H groups in total. The molecule has 25 heavy (non-hydrogen) atoms. The van der Waals surface area contributed by atoms with Crippen molar-refractivity contribution in [2.24, 2.45) is 7.05 Å². The summed E-state index contributed by atoms with van der Waals surface area (Å²) in [5.74, 6) is -0.151. The molecule has 2 aromatic heterocycles. The first-order valence-corrected chi connectivity index (χ1v) is 8.25. The summed E-state index contributed by atoms with van der Waals surface area (Å²) >= 11 is 0. The van der Waals surface area contributed by atoms with Gasteiger partial charge in [0.1, 0.15) is 28.2 Å². The topological polar surface area (TPSA) is 68.9 Å². The van der Waals surface area contributed by atoms with E-state index >= 15 is 0 Å². The van der Waals surface area contributed by atoms with E-state index in [0.717, 1.165) is 5.82 Å². The van der Waals surface area contributed by atoms with Gasteiger partial charge in [-0.3, -0.25) is 9.59 Å². The summed E-state index contributed by atoms with van der Waals surface area (Å²) in [5.41, 5.74) is 0.875. The summed E-state index contributed by atoms with van der Waals surface area (Å²) in [4.78, 5) is 29.4. The number of aryl methyl sites for hydroxylation is 2. The summed E-state index contributed by atoms with van der Waals surface area (Å²) in [6, 6.07) is 1.21. The van der Waals surface area contributed by atoms with Gasteiger partial charge in [0, 0.05) is 32.8 Å². The molecule has 1 aromatic carbocycles. The second-order valence-corrected chi connectivity index (χ2v) is 6.37. The predicted octanol–water partition coefficient (Wildman–Crippen LogP) is 2.53. The highest BCUT2D eigenvalue weighted by molar-refractivity contribution is 6.05. The number of benzene rings is 1. The SMILES string of the molecule is CCn1cc(C(=O)NC)c(=O)c2cc(F)c3c(nc(C(C)C)n3C)c21. The Hall–Kier alpha value is -2.70. The van der Waals surface area contributed by atoms with Crippen LogP contribution in [0.5, 0.6) is 0 Å². The maximum Gasteiger partial charge on any atom is 0.256 e. The van der Waals surface area contributed by atoms with Crippen LogP contribution in [0.3, 0.4) is 0 Å². The number of aromatic nitrogens is 3. The Bertz CT molecular complexity index is 1060. The number of halogens is 1. The molecule has 6 nitrogen and oxygen atoms in total. The van der Waals surface area contributed by atoms with Gasteiger partial charge >= 0.3 is 0 Å². The third-order valence-corrected chi connectivity index (χ3v) is 4.50. The molecular formula is C18H21FN4O2. The minimum absolute atomic E-state index is 0.00406. The number of fused-ring (bicyclic) bond motifs is 3. The molecule has 0 unspecified atom stereocenters. The Kier molecular flexibility index (Phi) is 4.10. The van der Waals surface area contributed by atoms with Gasteiger partial charge in [-0.15, -0.1) is 0 Å². The lowest BCUT2D eigenvalue weighted by molar-refractivity contribution is 0.0961. The number of nitrogens with zero attached hydrogens (tertiary/aromatic N) is 3. The van der Waals surface area contributed by atoms with Crippen LogP contribution < -0.4 is 10.7 Å². The highest BCUT2D eigenvalue weighted by atomic mass is 19.1. The lowest BCUT2D eigenvalue weighted by Crippen LogP contribution is -2.27. The molecule has 0 aliphatic heterocycles. The highest BCUT2D eigenvalue weighted by Crippen LogP contribution is 2.29. The molecule has 0 aliphatic carbocycles. The van der Waals surface area contributed by atoms with Crippen molar-refractivity contribution in [3.05, 3.63) is 39.7 Å². The molecule has 0 fully saturated rings. The van der Waals surface area contributed by atoms with E-state index in [1.165, 1.54) is 19.3 Å². The number of hydrogen-bond donors (Lipinski definition) is 1. The minimum atomic E-state index is -0.516. The number of rotatable bonds is 3. The molecule has 3 rings (SSSR count). The zero-order valence-electron chi connectivity index (χ0n) is 15.0. The molecule has 3 aromatic rings. The van der Waals surface area contributed by atoms with Gasteiger partial charge in [-0.2, -0.15) is 0 Å². The summed E-state index contributed by atoms with van der Waals surface area (Å²) < 4.78 is 18.3. The van der Waals surface area contributed by atoms with E-state index < -0.39 is 17.2 Å². The minimum Gasteiger partial charge on any atom is -0.355 e. The zero-order valence-corrected chi connectivity index (χ0v) is 15.0. The predicted molar refractivity (Wildman–Crippen MR) is 95.6 cm³/mol. The molecule has 0 saturated carbocycles. The van der Waals surface area contributed by atoms with Crippen LogP contribution in [0.25, 0.3) is 21.9 Å². The normalized spacial score (nSPS) is 11.6. The van der Waals surface area contributed by atoms with Gasteiger partial charge in [0.05, 0.1) is 10.9 Å². The monoisotopic (exact) mass is 344 g/mol. The van der Waals surface area contributed by atoms with Crippen molar-refractivity contribution >= 4 is 27.8 Å². The van der Waals surface area contributed by atoms with Gasteiger partial charge in [0.25, 0.3) is 5.91 Å². The quantitative estimate of drug-likeness (QED) is 0.794. The van der Waals surface area contributed by atoms with Crippen LogP contribution in [0, 0.1) is 5.82 Å². The van der Waals surface area contributed by atoms with E-state index in [9.17, 15) is 14.0 Å². The van der Waals surface area contributed by atoms with Gasteiger partial charge in [-0.25, -0.2) is 9.37 Å². The summed E-state index contributed by atoms with van der Waals surface area (Å²) in [7, 11) is 3.23. The fraction of sp³-hybridized carbons (Fsp3) is 0.389. The number of amides is 1. The lowest BCUT2D eigenvalue weighted by Gasteiger charge is -2.12. The standard InChI is InChI=1S/C18H21FN4O2/c1-6-23-8-11(18(25)20-4)16(24)10-7-12(19)15-13(14(10)23)21-17(9(2)3)22(15)5/h7-9H,6H2,1-5H3,(H,20,25). The number of imidazole rings is 1. The smallest absolute Gasteiger partial charge is 0.256 e. The maximum atomic E-state index is 14.8. The number of carbonyl (C=O) groups is 1. The van der Waals surface area contributed by atoms with Crippen LogP contribution >= 0.6 is 0 Å². The van der Waals surface area contributed by atoms with Crippen molar-refractivity contribution in [1.82, 2.24) is 19.4 Å². The van der Waals surface area contributed by atoms with Crippen LogP contribution in [0.1, 0.15) is 42.9 Å². The lowest BCUT2D eigenvalue weighted by atomic mass is 10.1. The number of hydrogen-bond acceptors (Lipinski definition) is 3. The Morgan fingerprint density at radius 2 is 2.04 bits per heavy atom. The Morgan fingerprint density at radius 3 is 2.60 bits per heavy atom. The van der Waals surface area contributed by atoms with Gasteiger partial charge < -0.3 is 14.5 Å². The molecule has 0 bridgehead atoms. The fourth-order valence-electron chi connectivity index (χ4n) is 3.30. The number of pyridine rings is 1. The Labute approximate surface area is 144 Å². The van der Waals surface area contributed by atoms with Crippen molar-refractivity contribution in [3.63, 3.8) is 0 Å². The molecule has 0 atom stereocenters. The highest BCUT2D eigenvalue weighted by Gasteiger charge is 2.22. The van der Waals surface area contributed by atoms with E-state index in [1.54, 1.807) is 16.2 Å². The van der Waals surface area contributed by atoms with Crippen LogP contribution in [0.15, 0.2) is 17.1 Å². The van der Waals surface area contributed by atoms with Crippen molar-refractivity contribution in [2.75, 3.05) is 7.05 Å². The second-order valence-electron chi connectivity index (χ2n) is 6.37. The first-order valence-electron chi connectivity index (χ1n) is 8.25. The van der Waals surface area contributed by atoms with Crippen LogP contribution in [0.4, 0.5) is 4.39 Å². The van der Waals surface area contributed by atoms with Crippen molar-refractivity contribution in [3.8, 4) is 0 Å². The van der Waals surface area contributed by atoms with Gasteiger partial charge in [-0.05, 0) is 13.0 Å². The third kappa shape index (κ3) is 2.42. The molecule has 1 amide bonds. The fourth-order valence-corrected chi connectivity index (χ4v) is 3.30. The van der Waals surface area contributed by atoms with E-state index in [-0.39, 0.29) is 16.9 Å². The Morgan fingerprint density at radius 1 is 1.36 bits per heavy atom. The van der Waals surface area contributed by atoms with Gasteiger partial charge in [0.15, 0.2) is 0 Å². The van der Waals surface area contributed by atoms with Crippen molar-refractivity contribution < 1.29 is 9.18 Å². The van der Waals surface area contributed by atoms with E-state index in [4.69, 9.17) is 0 Å². The van der Waals surface area contributed by atoms with E-state index in [1.807, 2.05) is 20.8 Å². The summed E-state index contributed by atoms with van der Waals surface area (Å²) in [6.45, 7) is 6.39. The first kappa shape index (κ1) is 17.1. The average molecular weight is 344 g/mol. The van der Waals surface area contributed by atoms with Crippen molar-refractivity contribution in [2.45, 2.75) is 33.2 Å². The molecule has 2 heterocycles. The number of nitrogens with one attached hydrogen (secondary N) is 1. The zero-order chi connectivity index (χ0) is 18.5. The van der Waals surface area contributed by atoms with Gasteiger partial charge in [0.2, 0.25) is 5.43 Å². The second kappa shape index (κ2) is 5.98. The van der Waals surface area contributed by atoms with Crippen LogP contribution in [-0.4, -0.2) is 27.1 Å². The first-order chi connectivity index (χ1) is 11.8.